The van der Waals surface area contributed by atoms with Gasteiger partial charge in [-0.15, -0.1) is 29.0 Å². The van der Waals surface area contributed by atoms with Crippen molar-refractivity contribution in [2.75, 3.05) is 42.3 Å². The third-order valence-electron chi connectivity index (χ3n) is 1.90. The molecule has 20 heavy (non-hydrogen) atoms. The van der Waals surface area contributed by atoms with Crippen molar-refractivity contribution in [1.29, 1.82) is 0 Å². The smallest absolute Gasteiger partial charge is 0.668 e. The number of hydrogen-bond acceptors (Lipinski definition) is 0. The van der Waals surface area contributed by atoms with Crippen LogP contribution in [0.3, 0.4) is 0 Å². The van der Waals surface area contributed by atoms with E-state index in [1.165, 1.54) is 16.3 Å². The van der Waals surface area contributed by atoms with Crippen LogP contribution < -0.4 is 0 Å². The molecule has 2 aromatic carbocycles. The first-order valence-corrected chi connectivity index (χ1v) is 6.17. The average molecular weight is 309 g/mol. The molecule has 0 aliphatic heterocycles. The number of rotatable bonds is 0. The van der Waals surface area contributed by atoms with Crippen LogP contribution in [0, 0.1) is 6.92 Å². The summed E-state index contributed by atoms with van der Waals surface area (Å²) in [5.74, 6) is 0. The van der Waals surface area contributed by atoms with Gasteiger partial charge in [-0.1, -0.05) is 11.6 Å². The zero-order valence-corrected chi connectivity index (χ0v) is 15.4. The van der Waals surface area contributed by atoms with E-state index in [0.717, 1.165) is 0 Å². The normalized spacial score (nSPS) is 7.95. The van der Waals surface area contributed by atoms with Gasteiger partial charge in [0.15, 0.2) is 0 Å². The van der Waals surface area contributed by atoms with Gasteiger partial charge in [0.2, 0.25) is 0 Å². The van der Waals surface area contributed by atoms with Gasteiger partial charge in [0.05, 0.1) is 0 Å². The Labute approximate surface area is 139 Å². The molecule has 2 aromatic rings. The van der Waals surface area contributed by atoms with Crippen LogP contribution in [0.1, 0.15) is 5.56 Å². The Hall–Kier alpha value is -0.576. The van der Waals surface area contributed by atoms with Crippen LogP contribution >= 0.6 is 0 Å². The summed E-state index contributed by atoms with van der Waals surface area (Å²) in [4.78, 5) is 0. The van der Waals surface area contributed by atoms with Crippen LogP contribution in [0.2, 0.25) is 0 Å². The largest absolute Gasteiger partial charge is 4.00 e. The standard InChI is InChI=1S/C10H9.3C2H6N.Ti/c1-8-4-2-5-9-6-3-7-10(8)9;3*1-3-2;/h2-7H,1H3;3*1-2H3;/q4*-1;+4. The van der Waals surface area contributed by atoms with Crippen molar-refractivity contribution in [3.63, 3.8) is 0 Å². The van der Waals surface area contributed by atoms with Crippen molar-refractivity contribution in [2.45, 2.75) is 6.92 Å². The second kappa shape index (κ2) is 18.4. The predicted octanol–water partition coefficient (Wildman–Crippen LogP) is 4.72. The predicted molar refractivity (Wildman–Crippen MR) is 89.9 cm³/mol. The molecular formula is C16H27N3Ti. The van der Waals surface area contributed by atoms with Gasteiger partial charge in [-0.2, -0.15) is 54.4 Å². The molecule has 0 aliphatic rings. The SMILES string of the molecule is C[N-]C.C[N-]C.C[N-]C.Cc1cccc2[cH-]ccc12.[Ti+4]. The van der Waals surface area contributed by atoms with E-state index in [1.807, 2.05) is 0 Å². The molecule has 0 spiro atoms. The molecule has 0 heterocycles. The second-order valence-electron chi connectivity index (χ2n) is 3.95. The van der Waals surface area contributed by atoms with Crippen LogP contribution in [0.25, 0.3) is 26.7 Å². The quantitative estimate of drug-likeness (QED) is 0.499. The molecule has 0 atom stereocenters. The van der Waals surface area contributed by atoms with Crippen LogP contribution in [-0.4, -0.2) is 42.3 Å². The van der Waals surface area contributed by atoms with Gasteiger partial charge >= 0.3 is 21.7 Å². The zero-order valence-electron chi connectivity index (χ0n) is 13.8. The van der Waals surface area contributed by atoms with Crippen LogP contribution in [0.4, 0.5) is 0 Å². The fourth-order valence-electron chi connectivity index (χ4n) is 1.32. The topological polar surface area (TPSA) is 42.3 Å². The Morgan fingerprint density at radius 3 is 1.65 bits per heavy atom. The minimum absolute atomic E-state index is 0. The molecule has 0 saturated heterocycles. The van der Waals surface area contributed by atoms with E-state index in [9.17, 15) is 0 Å². The third-order valence-corrected chi connectivity index (χ3v) is 1.90. The zero-order chi connectivity index (χ0) is 15.1. The first-order valence-electron chi connectivity index (χ1n) is 6.17. The molecular weight excluding hydrogens is 282 g/mol. The monoisotopic (exact) mass is 309 g/mol. The van der Waals surface area contributed by atoms with E-state index in [4.69, 9.17) is 0 Å². The van der Waals surface area contributed by atoms with Gasteiger partial charge in [0.1, 0.15) is 0 Å². The van der Waals surface area contributed by atoms with Crippen LogP contribution in [0.15, 0.2) is 36.4 Å². The van der Waals surface area contributed by atoms with Crippen molar-refractivity contribution in [2.24, 2.45) is 0 Å². The fraction of sp³-hybridized carbons (Fsp3) is 0.438. The Kier molecular flexibility index (Phi) is 22.5. The van der Waals surface area contributed by atoms with Crippen molar-refractivity contribution in [3.05, 3.63) is 57.9 Å². The van der Waals surface area contributed by atoms with Gasteiger partial charge in [-0.05, 0) is 6.92 Å². The third kappa shape index (κ3) is 12.5. The molecule has 110 valence electrons. The van der Waals surface area contributed by atoms with E-state index >= 15 is 0 Å². The summed E-state index contributed by atoms with van der Waals surface area (Å²) >= 11 is 0. The Morgan fingerprint density at radius 2 is 1.25 bits per heavy atom. The van der Waals surface area contributed by atoms with Crippen molar-refractivity contribution in [1.82, 2.24) is 0 Å². The molecule has 0 N–H and O–H groups in total. The number of benzene rings is 1. The minimum atomic E-state index is 0. The molecule has 2 rings (SSSR count). The van der Waals surface area contributed by atoms with Gasteiger partial charge in [-0.25, -0.2) is 0 Å². The summed E-state index contributed by atoms with van der Waals surface area (Å²) in [5.41, 5.74) is 1.36. The van der Waals surface area contributed by atoms with Crippen LogP contribution in [0.5, 0.6) is 0 Å². The van der Waals surface area contributed by atoms with Crippen molar-refractivity contribution >= 4 is 10.8 Å². The van der Waals surface area contributed by atoms with Crippen molar-refractivity contribution in [3.8, 4) is 0 Å². The molecule has 0 fully saturated rings. The molecule has 3 nitrogen and oxygen atoms in total. The van der Waals surface area contributed by atoms with E-state index in [2.05, 4.69) is 59.3 Å². The van der Waals surface area contributed by atoms with Gasteiger partial charge in [0.25, 0.3) is 0 Å². The fourth-order valence-corrected chi connectivity index (χ4v) is 1.32. The number of hydrogen-bond donors (Lipinski definition) is 0. The minimum Gasteiger partial charge on any atom is -0.668 e. The first-order chi connectivity index (χ1) is 9.12. The summed E-state index contributed by atoms with van der Waals surface area (Å²) < 4.78 is 0. The number of aryl methyl sites for hydroxylation is 1. The molecule has 0 aromatic heterocycles. The Bertz CT molecular complexity index is 395. The van der Waals surface area contributed by atoms with Gasteiger partial charge < -0.3 is 16.0 Å². The molecule has 0 radical (unpaired) electrons. The maximum atomic E-state index is 3.50. The summed E-state index contributed by atoms with van der Waals surface area (Å²) in [6, 6.07) is 12.8. The van der Waals surface area contributed by atoms with E-state index < -0.39 is 0 Å². The maximum absolute atomic E-state index is 3.50. The molecule has 0 saturated carbocycles. The molecule has 0 aliphatic carbocycles. The summed E-state index contributed by atoms with van der Waals surface area (Å²) in [6.07, 6.45) is 0. The number of fused-ring (bicyclic) bond motifs is 1. The maximum Gasteiger partial charge on any atom is 4.00 e. The van der Waals surface area contributed by atoms with Crippen molar-refractivity contribution < 1.29 is 21.7 Å². The number of nitrogens with zero attached hydrogens (tertiary/aromatic N) is 3. The summed E-state index contributed by atoms with van der Waals surface area (Å²) in [5, 5.41) is 13.2. The Morgan fingerprint density at radius 1 is 0.800 bits per heavy atom. The van der Waals surface area contributed by atoms with Gasteiger partial charge in [0, 0.05) is 0 Å². The van der Waals surface area contributed by atoms with E-state index in [0.29, 0.717) is 0 Å². The first kappa shape index (κ1) is 24.4. The molecule has 4 heteroatoms. The summed E-state index contributed by atoms with van der Waals surface area (Å²) in [7, 11) is 10.5. The second-order valence-corrected chi connectivity index (χ2v) is 3.95. The van der Waals surface area contributed by atoms with E-state index in [1.54, 1.807) is 42.3 Å². The molecule has 0 bridgehead atoms. The van der Waals surface area contributed by atoms with E-state index in [-0.39, 0.29) is 21.7 Å². The molecule has 0 amide bonds. The van der Waals surface area contributed by atoms with Gasteiger partial charge in [-0.3, -0.25) is 0 Å². The van der Waals surface area contributed by atoms with Crippen LogP contribution in [-0.2, 0) is 21.7 Å². The Balaban J connectivity index is -0.000000247. The molecule has 0 unspecified atom stereocenters. The average Bonchev–Trinajstić information content (AvgIpc) is 2.82. The summed E-state index contributed by atoms with van der Waals surface area (Å²) in [6.45, 7) is 2.14.